The summed E-state index contributed by atoms with van der Waals surface area (Å²) in [6, 6.07) is 14.4. The minimum absolute atomic E-state index is 0.226. The molecule has 0 aliphatic rings. The van der Waals surface area contributed by atoms with Gasteiger partial charge in [-0.05, 0) is 102 Å². The second-order valence-electron chi connectivity index (χ2n) is 8.96. The van der Waals surface area contributed by atoms with Gasteiger partial charge in [0, 0.05) is 16.7 Å². The molecule has 0 fully saturated rings. The van der Waals surface area contributed by atoms with Gasteiger partial charge in [0.05, 0.1) is 30.6 Å². The summed E-state index contributed by atoms with van der Waals surface area (Å²) < 4.78 is 23.6. The summed E-state index contributed by atoms with van der Waals surface area (Å²) in [6.07, 6.45) is 1.87. The van der Waals surface area contributed by atoms with Crippen molar-refractivity contribution in [1.82, 2.24) is 10.7 Å². The second kappa shape index (κ2) is 16.7. The summed E-state index contributed by atoms with van der Waals surface area (Å²) in [6.45, 7) is 4.13. The smallest absolute Gasteiger partial charge is 0.329 e. The largest absolute Gasteiger partial charge is 0.493 e. The number of aryl methyl sites for hydroxylation is 1. The highest BCUT2D eigenvalue weighted by atomic mass is 127. The van der Waals surface area contributed by atoms with Gasteiger partial charge in [-0.2, -0.15) is 5.10 Å². The quantitative estimate of drug-likeness (QED) is 0.100. The molecule has 3 aromatic carbocycles. The highest BCUT2D eigenvalue weighted by molar-refractivity contribution is 14.1. The van der Waals surface area contributed by atoms with E-state index in [0.29, 0.717) is 50.8 Å². The molecular weight excluding hydrogens is 735 g/mol. The maximum atomic E-state index is 12.5. The molecule has 0 spiro atoms. The van der Waals surface area contributed by atoms with E-state index >= 15 is 0 Å². The van der Waals surface area contributed by atoms with Crippen molar-refractivity contribution in [2.45, 2.75) is 20.3 Å². The Hall–Kier alpha value is -3.85. The van der Waals surface area contributed by atoms with Crippen LogP contribution in [0.15, 0.2) is 58.1 Å². The molecule has 0 aliphatic heterocycles. The van der Waals surface area contributed by atoms with Crippen molar-refractivity contribution in [2.24, 2.45) is 5.10 Å². The van der Waals surface area contributed by atoms with Crippen LogP contribution in [0.3, 0.4) is 0 Å². The van der Waals surface area contributed by atoms with E-state index in [1.807, 2.05) is 38.1 Å². The molecule has 11 nitrogen and oxygen atoms in total. The Balaban J connectivity index is 1.53. The third kappa shape index (κ3) is 10.1. The number of nitrogens with one attached hydrogen (secondary N) is 3. The summed E-state index contributed by atoms with van der Waals surface area (Å²) in [4.78, 5) is 36.9. The third-order valence-corrected chi connectivity index (χ3v) is 7.55. The second-order valence-corrected chi connectivity index (χ2v) is 11.0. The zero-order valence-corrected chi connectivity index (χ0v) is 27.8. The number of anilines is 1. The Labute approximate surface area is 272 Å². The zero-order chi connectivity index (χ0) is 31.4. The van der Waals surface area contributed by atoms with Gasteiger partial charge in [0.1, 0.15) is 0 Å². The number of hydrazone groups is 1. The molecular formula is C30H32BrIN4O7. The number of nitrogens with zero attached hydrogens (tertiary/aromatic N) is 1. The first-order valence-electron chi connectivity index (χ1n) is 13.1. The zero-order valence-electron chi connectivity index (χ0n) is 24.1. The Kier molecular flexibility index (Phi) is 13.1. The minimum Gasteiger partial charge on any atom is -0.493 e. The predicted octanol–water partition coefficient (Wildman–Crippen LogP) is 4.60. The van der Waals surface area contributed by atoms with E-state index in [9.17, 15) is 14.4 Å². The highest BCUT2D eigenvalue weighted by Gasteiger charge is 2.15. The molecule has 3 N–H and O–H groups in total. The molecule has 13 heteroatoms. The van der Waals surface area contributed by atoms with Gasteiger partial charge >= 0.3 is 11.8 Å². The number of rotatable bonds is 13. The van der Waals surface area contributed by atoms with Gasteiger partial charge in [-0.25, -0.2) is 5.43 Å². The van der Waals surface area contributed by atoms with Gasteiger partial charge in [-0.15, -0.1) is 0 Å². The number of ether oxygens (including phenoxy) is 4. The summed E-state index contributed by atoms with van der Waals surface area (Å²) in [5.41, 5.74) is 5.37. The van der Waals surface area contributed by atoms with Crippen molar-refractivity contribution in [1.29, 1.82) is 0 Å². The molecule has 228 valence electrons. The Morgan fingerprint density at radius 1 is 0.953 bits per heavy atom. The first-order valence-corrected chi connectivity index (χ1v) is 15.0. The first kappa shape index (κ1) is 33.6. The lowest BCUT2D eigenvalue weighted by molar-refractivity contribution is -0.139. The molecule has 0 bridgehead atoms. The van der Waals surface area contributed by atoms with E-state index in [4.69, 9.17) is 18.9 Å². The first-order chi connectivity index (χ1) is 20.6. The predicted molar refractivity (Wildman–Crippen MR) is 175 cm³/mol. The fourth-order valence-corrected chi connectivity index (χ4v) is 4.80. The summed E-state index contributed by atoms with van der Waals surface area (Å²) in [5.74, 6) is -0.0553. The molecule has 3 rings (SSSR count). The molecule has 0 aliphatic carbocycles. The van der Waals surface area contributed by atoms with E-state index < -0.39 is 11.8 Å². The van der Waals surface area contributed by atoms with Crippen molar-refractivity contribution in [3.05, 3.63) is 73.3 Å². The monoisotopic (exact) mass is 766 g/mol. The van der Waals surface area contributed by atoms with Gasteiger partial charge in [-0.1, -0.05) is 22.0 Å². The van der Waals surface area contributed by atoms with Gasteiger partial charge in [0.25, 0.3) is 5.91 Å². The van der Waals surface area contributed by atoms with E-state index in [2.05, 4.69) is 59.7 Å². The fourth-order valence-electron chi connectivity index (χ4n) is 3.78. The van der Waals surface area contributed by atoms with Crippen molar-refractivity contribution in [2.75, 3.05) is 39.3 Å². The normalized spacial score (nSPS) is 10.7. The van der Waals surface area contributed by atoms with E-state index in [1.54, 1.807) is 38.5 Å². The molecule has 0 atom stereocenters. The van der Waals surface area contributed by atoms with Gasteiger partial charge < -0.3 is 29.6 Å². The lowest BCUT2D eigenvalue weighted by atomic mass is 10.1. The SMILES string of the molecule is CCOc1cc(/C=N\NC(=O)C(=O)NCCc2ccc(OC)c(OC)c2)cc(I)c1OCC(=O)Nc1ccc(Br)c(C)c1. The van der Waals surface area contributed by atoms with Crippen LogP contribution in [0.5, 0.6) is 23.0 Å². The lowest BCUT2D eigenvalue weighted by Crippen LogP contribution is -2.38. The van der Waals surface area contributed by atoms with Crippen LogP contribution in [0.1, 0.15) is 23.6 Å². The average molecular weight is 767 g/mol. The molecule has 0 unspecified atom stereocenters. The van der Waals surface area contributed by atoms with Crippen molar-refractivity contribution < 1.29 is 33.3 Å². The summed E-state index contributed by atoms with van der Waals surface area (Å²) >= 11 is 5.50. The molecule has 0 heterocycles. The number of carbonyl (C=O) groups is 3. The number of hydrogen-bond donors (Lipinski definition) is 3. The lowest BCUT2D eigenvalue weighted by Gasteiger charge is -2.15. The summed E-state index contributed by atoms with van der Waals surface area (Å²) in [5, 5.41) is 9.26. The van der Waals surface area contributed by atoms with Gasteiger partial charge in [-0.3, -0.25) is 14.4 Å². The Morgan fingerprint density at radius 2 is 1.72 bits per heavy atom. The summed E-state index contributed by atoms with van der Waals surface area (Å²) in [7, 11) is 3.10. The Bertz CT molecular complexity index is 1500. The number of carbonyl (C=O) groups excluding carboxylic acids is 3. The minimum atomic E-state index is -0.907. The number of methoxy groups -OCH3 is 2. The third-order valence-electron chi connectivity index (χ3n) is 5.85. The van der Waals surface area contributed by atoms with Gasteiger partial charge in [0.15, 0.2) is 29.6 Å². The molecule has 3 aromatic rings. The van der Waals surface area contributed by atoms with Crippen molar-refractivity contribution in [3.63, 3.8) is 0 Å². The van der Waals surface area contributed by atoms with Crippen LogP contribution >= 0.6 is 38.5 Å². The number of halogens is 2. The van der Waals surface area contributed by atoms with Crippen LogP contribution in [-0.4, -0.2) is 57.9 Å². The van der Waals surface area contributed by atoms with Crippen LogP contribution < -0.4 is 35.0 Å². The van der Waals surface area contributed by atoms with Crippen LogP contribution in [0, 0.1) is 10.5 Å². The van der Waals surface area contributed by atoms with Crippen LogP contribution in [-0.2, 0) is 20.8 Å². The van der Waals surface area contributed by atoms with Crippen LogP contribution in [0.2, 0.25) is 0 Å². The molecule has 0 aromatic heterocycles. The fraction of sp³-hybridized carbons (Fsp3) is 0.267. The number of benzene rings is 3. The van der Waals surface area contributed by atoms with E-state index in [-0.39, 0.29) is 19.1 Å². The van der Waals surface area contributed by atoms with Crippen molar-refractivity contribution in [3.8, 4) is 23.0 Å². The van der Waals surface area contributed by atoms with E-state index in [0.717, 1.165) is 15.6 Å². The topological polar surface area (TPSA) is 137 Å². The number of amides is 3. The maximum Gasteiger partial charge on any atom is 0.329 e. The Morgan fingerprint density at radius 3 is 2.42 bits per heavy atom. The average Bonchev–Trinajstić information content (AvgIpc) is 2.98. The molecule has 0 saturated heterocycles. The molecule has 0 saturated carbocycles. The highest BCUT2D eigenvalue weighted by Crippen LogP contribution is 2.34. The van der Waals surface area contributed by atoms with E-state index in [1.165, 1.54) is 6.21 Å². The van der Waals surface area contributed by atoms with Crippen molar-refractivity contribution >= 4 is 68.1 Å². The molecule has 0 radical (unpaired) electrons. The standard InChI is InChI=1S/C30H32BrIN4O7/c1-5-42-26-15-20(13-23(32)28(26)43-17-27(37)35-21-7-8-22(31)18(2)12-21)16-34-36-30(39)29(38)33-11-10-19-6-9-24(40-3)25(14-19)41-4/h6-9,12-16H,5,10-11,17H2,1-4H3,(H,33,38)(H,35,37)(H,36,39)/b34-16-. The van der Waals surface area contributed by atoms with Gasteiger partial charge in [0.2, 0.25) is 0 Å². The molecule has 3 amide bonds. The van der Waals surface area contributed by atoms with Crippen LogP contribution in [0.4, 0.5) is 5.69 Å². The maximum absolute atomic E-state index is 12.5. The van der Waals surface area contributed by atoms with Crippen LogP contribution in [0.25, 0.3) is 0 Å². The molecule has 43 heavy (non-hydrogen) atoms. The number of hydrogen-bond acceptors (Lipinski definition) is 8.